The summed E-state index contributed by atoms with van der Waals surface area (Å²) < 4.78 is 33.1. The van der Waals surface area contributed by atoms with E-state index in [1.54, 1.807) is 54.6 Å². The quantitative estimate of drug-likeness (QED) is 0.210. The molecule has 0 aliphatic rings. The minimum absolute atomic E-state index is 0.281. The topological polar surface area (TPSA) is 80.3 Å². The third-order valence-electron chi connectivity index (χ3n) is 5.51. The molecule has 0 atom stereocenters. The van der Waals surface area contributed by atoms with Gasteiger partial charge in [0.05, 0.1) is 0 Å². The summed E-state index contributed by atoms with van der Waals surface area (Å²) in [5.74, 6) is -1.92. The number of carbonyl (C=O) groups is 2. The van der Waals surface area contributed by atoms with Crippen molar-refractivity contribution in [2.45, 2.75) is 0 Å². The van der Waals surface area contributed by atoms with E-state index >= 15 is 0 Å². The molecular weight excluding hydrogens is 845 g/mol. The zero-order chi connectivity index (χ0) is 28.1. The summed E-state index contributed by atoms with van der Waals surface area (Å²) in [5.41, 5.74) is 0. The Kier molecular flexibility index (Phi) is 10.7. The number of ether oxygens (including phenoxy) is 3. The van der Waals surface area contributed by atoms with Crippen LogP contribution in [0.5, 0.6) is 17.2 Å². The molecule has 0 heterocycles. The molecule has 0 fully saturated rings. The molecule has 204 valence electrons. The average molecular weight is 867 g/mol. The van der Waals surface area contributed by atoms with Gasteiger partial charge in [-0.1, -0.05) is 0 Å². The minimum atomic E-state index is -6.56. The zero-order valence-corrected chi connectivity index (χ0v) is 29.1. The molecule has 0 N–H and O–H groups in total. The van der Waals surface area contributed by atoms with E-state index in [9.17, 15) is 9.59 Å². The van der Waals surface area contributed by atoms with Crippen LogP contribution in [0, 0.1) is 0 Å². The molecule has 0 radical (unpaired) electrons. The molecule has 0 unspecified atom stereocenters. The van der Waals surface area contributed by atoms with Crippen LogP contribution in [-0.4, -0.2) is 63.3 Å². The van der Waals surface area contributed by atoms with Gasteiger partial charge in [0.2, 0.25) is 0 Å². The molecule has 38 heavy (non-hydrogen) atoms. The first-order valence-electron chi connectivity index (χ1n) is 10.7. The normalized spacial score (nSPS) is 12.2. The standard InChI is InChI=1S/3C7H6BrO.2C2H3ClO2.Sb/c3*1-9-7-4-2-6(8)3-5-7;2*3-1-2(4)5;/h3*2-4H,1H3;2*1H2,(H,4,5);/q;;;;;+2/p-2. The van der Waals surface area contributed by atoms with Crippen molar-refractivity contribution in [3.8, 4) is 17.2 Å². The first-order chi connectivity index (χ1) is 18.1. The van der Waals surface area contributed by atoms with Crippen molar-refractivity contribution in [2.75, 3.05) is 33.1 Å². The Bertz CT molecular complexity index is 1220. The SMILES string of the molecule is COc1ccc(Br)c[c]1[Sb]([O]C(=O)CCl)([O]C(=O)CCl)([c]1cc(Br)ccc1OC)[c]1cc(Br)ccc1OC. The van der Waals surface area contributed by atoms with Crippen LogP contribution >= 0.6 is 71.0 Å². The summed E-state index contributed by atoms with van der Waals surface area (Å²) >= 11 is 16.1. The Morgan fingerprint density at radius 3 is 1.16 bits per heavy atom. The average Bonchev–Trinajstić information content (AvgIpc) is 2.92. The van der Waals surface area contributed by atoms with Crippen LogP contribution in [0.2, 0.25) is 0 Å². The molecule has 0 aromatic heterocycles. The molecule has 3 aromatic rings. The van der Waals surface area contributed by atoms with E-state index in [1.165, 1.54) is 21.3 Å². The van der Waals surface area contributed by atoms with Gasteiger partial charge in [0.1, 0.15) is 0 Å². The van der Waals surface area contributed by atoms with Gasteiger partial charge in [-0.15, -0.1) is 0 Å². The van der Waals surface area contributed by atoms with E-state index in [-0.39, 0.29) is 17.2 Å². The number of alkyl halides is 2. The van der Waals surface area contributed by atoms with Gasteiger partial charge in [-0.05, 0) is 0 Å². The van der Waals surface area contributed by atoms with E-state index in [1.807, 2.05) is 0 Å². The molecule has 3 rings (SSSR count). The number of halogens is 5. The summed E-state index contributed by atoms with van der Waals surface area (Å²) in [4.78, 5) is 26.8. The summed E-state index contributed by atoms with van der Waals surface area (Å²) in [7, 11) is 4.37. The predicted molar refractivity (Wildman–Crippen MR) is 160 cm³/mol. The maximum absolute atomic E-state index is 13.4. The number of methoxy groups -OCH3 is 3. The van der Waals surface area contributed by atoms with Crippen molar-refractivity contribution < 1.29 is 29.8 Å². The fourth-order valence-electron chi connectivity index (χ4n) is 4.08. The van der Waals surface area contributed by atoms with E-state index in [0.717, 1.165) is 0 Å². The van der Waals surface area contributed by atoms with Crippen molar-refractivity contribution in [2.24, 2.45) is 0 Å². The van der Waals surface area contributed by atoms with Crippen LogP contribution in [0.1, 0.15) is 0 Å². The van der Waals surface area contributed by atoms with Gasteiger partial charge >= 0.3 is 260 Å². The Morgan fingerprint density at radius 1 is 0.632 bits per heavy atom. The first-order valence-corrected chi connectivity index (χ1v) is 20.1. The van der Waals surface area contributed by atoms with Gasteiger partial charge in [-0.3, -0.25) is 0 Å². The van der Waals surface area contributed by atoms with Crippen molar-refractivity contribution in [1.82, 2.24) is 0 Å². The molecule has 0 spiro atoms. The Hall–Kier alpha value is -1.16. The molecule has 13 heteroatoms. The van der Waals surface area contributed by atoms with E-state index in [0.29, 0.717) is 23.9 Å². The van der Waals surface area contributed by atoms with Crippen molar-refractivity contribution in [3.63, 3.8) is 0 Å². The van der Waals surface area contributed by atoms with Gasteiger partial charge in [0, 0.05) is 0 Å². The van der Waals surface area contributed by atoms with E-state index in [2.05, 4.69) is 47.8 Å². The van der Waals surface area contributed by atoms with E-state index in [4.69, 9.17) is 43.4 Å². The van der Waals surface area contributed by atoms with Crippen LogP contribution in [0.25, 0.3) is 0 Å². The molecule has 0 saturated heterocycles. The van der Waals surface area contributed by atoms with Gasteiger partial charge in [0.15, 0.2) is 0 Å². The number of carbonyl (C=O) groups excluding carboxylic acids is 2. The zero-order valence-electron chi connectivity index (χ0n) is 20.3. The monoisotopic (exact) mass is 862 g/mol. The third-order valence-corrected chi connectivity index (χ3v) is 21.1. The molecule has 3 aromatic carbocycles. The van der Waals surface area contributed by atoms with Gasteiger partial charge in [0.25, 0.3) is 0 Å². The molecule has 0 amide bonds. The van der Waals surface area contributed by atoms with Crippen LogP contribution in [0.3, 0.4) is 0 Å². The van der Waals surface area contributed by atoms with Gasteiger partial charge in [-0.2, -0.15) is 0 Å². The van der Waals surface area contributed by atoms with Gasteiger partial charge < -0.3 is 0 Å². The number of benzene rings is 3. The summed E-state index contributed by atoms with van der Waals surface area (Å²) in [6.07, 6.45) is 0. The molecule has 0 saturated carbocycles. The Balaban J connectivity index is 2.86. The fraction of sp³-hybridized carbons (Fsp3) is 0.200. The van der Waals surface area contributed by atoms with Crippen LogP contribution in [0.15, 0.2) is 68.0 Å². The second kappa shape index (κ2) is 13.0. The van der Waals surface area contributed by atoms with Gasteiger partial charge in [-0.25, -0.2) is 0 Å². The maximum atomic E-state index is 13.4. The van der Waals surface area contributed by atoms with Crippen molar-refractivity contribution in [1.29, 1.82) is 0 Å². The Labute approximate surface area is 257 Å². The fourth-order valence-corrected chi connectivity index (χ4v) is 22.0. The van der Waals surface area contributed by atoms with Crippen molar-refractivity contribution in [3.05, 3.63) is 68.0 Å². The second-order valence-corrected chi connectivity index (χ2v) is 21.5. The predicted octanol–water partition coefficient (Wildman–Crippen LogP) is 4.98. The summed E-state index contributed by atoms with van der Waals surface area (Å²) in [6.45, 7) is 0. The van der Waals surface area contributed by atoms with Crippen LogP contribution in [0.4, 0.5) is 0 Å². The second-order valence-electron chi connectivity index (χ2n) is 7.60. The van der Waals surface area contributed by atoms with E-state index < -0.39 is 41.9 Å². The number of hydrogen-bond acceptors (Lipinski definition) is 7. The molecule has 7 nitrogen and oxygen atoms in total. The number of rotatable bonds is 10. The van der Waals surface area contributed by atoms with Crippen molar-refractivity contribution >= 4 is 112 Å². The molecule has 0 bridgehead atoms. The molecule has 0 aliphatic heterocycles. The summed E-state index contributed by atoms with van der Waals surface area (Å²) in [6, 6.07) is 15.3. The molecular formula is C25H22Br3Cl2O7Sb. The number of hydrogen-bond donors (Lipinski definition) is 0. The van der Waals surface area contributed by atoms with Crippen LogP contribution in [-0.2, 0) is 15.6 Å². The molecule has 0 aliphatic carbocycles. The first kappa shape index (κ1) is 31.4. The summed E-state index contributed by atoms with van der Waals surface area (Å²) in [5, 5.41) is 0. The Morgan fingerprint density at radius 2 is 0.921 bits per heavy atom. The third kappa shape index (κ3) is 5.68. The van der Waals surface area contributed by atoms with Crippen LogP contribution < -0.4 is 24.7 Å².